The minimum Gasteiger partial charge on any atom is -0.354 e. The van der Waals surface area contributed by atoms with Crippen LogP contribution in [-0.4, -0.2) is 41.0 Å². The first-order chi connectivity index (χ1) is 11.7. The highest BCUT2D eigenvalue weighted by Crippen LogP contribution is 2.27. The van der Waals surface area contributed by atoms with Crippen LogP contribution in [0.15, 0.2) is 42.0 Å². The van der Waals surface area contributed by atoms with E-state index in [2.05, 4.69) is 63.9 Å². The summed E-state index contributed by atoms with van der Waals surface area (Å²) in [6.07, 6.45) is 1.95. The molecule has 0 N–H and O–H groups in total. The van der Waals surface area contributed by atoms with Crippen molar-refractivity contribution in [2.45, 2.75) is 19.9 Å². The van der Waals surface area contributed by atoms with Crippen LogP contribution >= 0.6 is 11.3 Å². The van der Waals surface area contributed by atoms with Gasteiger partial charge in [-0.3, -0.25) is 4.90 Å². The summed E-state index contributed by atoms with van der Waals surface area (Å²) in [6.45, 7) is 8.55. The smallest absolute Gasteiger partial charge is 0.128 e. The molecule has 2 aromatic heterocycles. The van der Waals surface area contributed by atoms with Crippen molar-refractivity contribution in [2.75, 3.05) is 31.1 Å². The lowest BCUT2D eigenvalue weighted by molar-refractivity contribution is 0.198. The molecule has 1 aromatic carbocycles. The molecule has 1 aliphatic rings. The predicted octanol–water partition coefficient (Wildman–Crippen LogP) is 3.88. The Hall–Kier alpha value is -1.98. The third-order valence-electron chi connectivity index (χ3n) is 4.92. The van der Waals surface area contributed by atoms with E-state index in [-0.39, 0.29) is 0 Å². The molecule has 124 valence electrons. The number of benzene rings is 1. The van der Waals surface area contributed by atoms with Gasteiger partial charge < -0.3 is 4.90 Å². The highest BCUT2D eigenvalue weighted by molar-refractivity contribution is 7.16. The second-order valence-corrected chi connectivity index (χ2v) is 7.36. The van der Waals surface area contributed by atoms with Gasteiger partial charge >= 0.3 is 0 Å². The first-order valence-electron chi connectivity index (χ1n) is 8.45. The van der Waals surface area contributed by atoms with E-state index in [4.69, 9.17) is 0 Å². The maximum atomic E-state index is 4.56. The number of piperazine rings is 1. The van der Waals surface area contributed by atoms with Crippen molar-refractivity contribution < 1.29 is 0 Å². The van der Waals surface area contributed by atoms with E-state index >= 15 is 0 Å². The normalized spacial score (nSPS) is 17.3. The highest BCUT2D eigenvalue weighted by atomic mass is 32.1. The first-order valence-corrected chi connectivity index (χ1v) is 9.33. The standard InChI is InChI=1S/C19H22N4S/c1-14-3-6-19(20-12-14)23-9-7-22(8-10-23)15(2)16-4-5-18-17(11-16)21-13-24-18/h3-6,11-13,15H,7-10H2,1-2H3/t15-/m0/s1. The van der Waals surface area contributed by atoms with Gasteiger partial charge in [-0.05, 0) is 43.2 Å². The zero-order valence-electron chi connectivity index (χ0n) is 14.1. The van der Waals surface area contributed by atoms with Gasteiger partial charge in [0.15, 0.2) is 0 Å². The van der Waals surface area contributed by atoms with Gasteiger partial charge in [0.1, 0.15) is 5.82 Å². The third-order valence-corrected chi connectivity index (χ3v) is 5.73. The van der Waals surface area contributed by atoms with Crippen LogP contribution in [0.1, 0.15) is 24.1 Å². The molecule has 4 rings (SSSR count). The van der Waals surface area contributed by atoms with Crippen LogP contribution in [0.4, 0.5) is 5.82 Å². The maximum absolute atomic E-state index is 4.56. The van der Waals surface area contributed by atoms with Crippen molar-refractivity contribution in [3.8, 4) is 0 Å². The summed E-state index contributed by atoms with van der Waals surface area (Å²) in [7, 11) is 0. The molecule has 4 nitrogen and oxygen atoms in total. The van der Waals surface area contributed by atoms with Crippen LogP contribution in [0.25, 0.3) is 10.2 Å². The molecule has 5 heteroatoms. The Morgan fingerprint density at radius 2 is 1.88 bits per heavy atom. The summed E-state index contributed by atoms with van der Waals surface area (Å²) >= 11 is 1.70. The number of fused-ring (bicyclic) bond motifs is 1. The Morgan fingerprint density at radius 3 is 2.62 bits per heavy atom. The molecule has 1 saturated heterocycles. The van der Waals surface area contributed by atoms with Gasteiger partial charge in [0.2, 0.25) is 0 Å². The van der Waals surface area contributed by atoms with Crippen LogP contribution in [0, 0.1) is 6.92 Å². The fourth-order valence-electron chi connectivity index (χ4n) is 3.33. The number of hydrogen-bond acceptors (Lipinski definition) is 5. The topological polar surface area (TPSA) is 32.3 Å². The number of nitrogens with zero attached hydrogens (tertiary/aromatic N) is 4. The molecule has 1 atom stereocenters. The molecule has 0 radical (unpaired) electrons. The zero-order chi connectivity index (χ0) is 16.5. The van der Waals surface area contributed by atoms with Crippen LogP contribution in [0.5, 0.6) is 0 Å². The quantitative estimate of drug-likeness (QED) is 0.725. The Labute approximate surface area is 146 Å². The monoisotopic (exact) mass is 338 g/mol. The fraction of sp³-hybridized carbons (Fsp3) is 0.368. The minimum atomic E-state index is 0.421. The van der Waals surface area contributed by atoms with Crippen molar-refractivity contribution in [3.05, 3.63) is 53.2 Å². The molecule has 24 heavy (non-hydrogen) atoms. The summed E-state index contributed by atoms with van der Waals surface area (Å²) in [5, 5.41) is 0. The van der Waals surface area contributed by atoms with Gasteiger partial charge in [-0.1, -0.05) is 12.1 Å². The van der Waals surface area contributed by atoms with Crippen LogP contribution in [0.3, 0.4) is 0 Å². The predicted molar refractivity (Wildman–Crippen MR) is 101 cm³/mol. The molecule has 0 spiro atoms. The van der Waals surface area contributed by atoms with Gasteiger partial charge in [-0.2, -0.15) is 0 Å². The van der Waals surface area contributed by atoms with Crippen LogP contribution < -0.4 is 4.90 Å². The van der Waals surface area contributed by atoms with Crippen molar-refractivity contribution in [1.29, 1.82) is 0 Å². The molecule has 0 saturated carbocycles. The van der Waals surface area contributed by atoms with E-state index < -0.39 is 0 Å². The van der Waals surface area contributed by atoms with Crippen LogP contribution in [0.2, 0.25) is 0 Å². The Kier molecular flexibility index (Phi) is 4.21. The maximum Gasteiger partial charge on any atom is 0.128 e. The highest BCUT2D eigenvalue weighted by Gasteiger charge is 2.23. The summed E-state index contributed by atoms with van der Waals surface area (Å²) < 4.78 is 1.27. The van der Waals surface area contributed by atoms with E-state index in [9.17, 15) is 0 Å². The number of hydrogen-bond donors (Lipinski definition) is 0. The van der Waals surface area contributed by atoms with E-state index in [1.165, 1.54) is 15.8 Å². The molecule has 0 unspecified atom stereocenters. The molecular weight excluding hydrogens is 316 g/mol. The lowest BCUT2D eigenvalue weighted by atomic mass is 10.1. The van der Waals surface area contributed by atoms with E-state index in [1.54, 1.807) is 11.3 Å². The molecule has 0 amide bonds. The average Bonchev–Trinajstić information content (AvgIpc) is 3.09. The number of rotatable bonds is 3. The van der Waals surface area contributed by atoms with Crippen LogP contribution in [-0.2, 0) is 0 Å². The number of pyridine rings is 1. The third kappa shape index (κ3) is 3.01. The summed E-state index contributed by atoms with van der Waals surface area (Å²) in [5.74, 6) is 1.09. The Bertz CT molecular complexity index is 819. The van der Waals surface area contributed by atoms with Gasteiger partial charge in [0.05, 0.1) is 15.7 Å². The largest absolute Gasteiger partial charge is 0.354 e. The minimum absolute atomic E-state index is 0.421. The summed E-state index contributed by atoms with van der Waals surface area (Å²) in [5.41, 5.74) is 5.61. The molecule has 1 aliphatic heterocycles. The van der Waals surface area contributed by atoms with Crippen molar-refractivity contribution in [2.24, 2.45) is 0 Å². The number of aromatic nitrogens is 2. The average molecular weight is 338 g/mol. The number of aryl methyl sites for hydroxylation is 1. The van der Waals surface area contributed by atoms with E-state index in [0.29, 0.717) is 6.04 Å². The number of thiazole rings is 1. The lowest BCUT2D eigenvalue weighted by Crippen LogP contribution is -2.47. The van der Waals surface area contributed by atoms with Crippen molar-refractivity contribution in [3.63, 3.8) is 0 Å². The fourth-order valence-corrected chi connectivity index (χ4v) is 3.99. The second-order valence-electron chi connectivity index (χ2n) is 6.47. The zero-order valence-corrected chi connectivity index (χ0v) is 15.0. The number of anilines is 1. The summed E-state index contributed by atoms with van der Waals surface area (Å²) in [6, 6.07) is 11.4. The summed E-state index contributed by atoms with van der Waals surface area (Å²) in [4.78, 5) is 13.9. The Balaban J connectivity index is 1.43. The van der Waals surface area contributed by atoms with Gasteiger partial charge in [0.25, 0.3) is 0 Å². The molecule has 3 heterocycles. The molecular formula is C19H22N4S. The molecule has 3 aromatic rings. The lowest BCUT2D eigenvalue weighted by Gasteiger charge is -2.38. The SMILES string of the molecule is Cc1ccc(N2CCN([C@@H](C)c3ccc4scnc4c3)CC2)nc1. The van der Waals surface area contributed by atoms with Crippen molar-refractivity contribution >= 4 is 27.4 Å². The van der Waals surface area contributed by atoms with E-state index in [1.807, 2.05) is 11.7 Å². The molecule has 0 aliphatic carbocycles. The van der Waals surface area contributed by atoms with Gasteiger partial charge in [-0.15, -0.1) is 11.3 Å². The first kappa shape index (κ1) is 15.5. The van der Waals surface area contributed by atoms with Crippen molar-refractivity contribution in [1.82, 2.24) is 14.9 Å². The molecule has 1 fully saturated rings. The second kappa shape index (κ2) is 6.49. The van der Waals surface area contributed by atoms with Gasteiger partial charge in [-0.25, -0.2) is 9.97 Å². The van der Waals surface area contributed by atoms with E-state index in [0.717, 1.165) is 37.5 Å². The van der Waals surface area contributed by atoms with Gasteiger partial charge in [0, 0.05) is 38.4 Å². The Morgan fingerprint density at radius 1 is 1.04 bits per heavy atom. The molecule has 0 bridgehead atoms.